The van der Waals surface area contributed by atoms with Gasteiger partial charge in [0.05, 0.1) is 20.0 Å². The number of hydrogen-bond acceptors (Lipinski definition) is 7. The summed E-state index contributed by atoms with van der Waals surface area (Å²) in [7, 11) is 3.05. The Balaban J connectivity index is 1.80. The number of rotatable bonds is 9. The first-order valence-corrected chi connectivity index (χ1v) is 9.89. The lowest BCUT2D eigenvalue weighted by Crippen LogP contribution is -2.30. The largest absolute Gasteiger partial charge is 0.493 e. The van der Waals surface area contributed by atoms with E-state index in [2.05, 4.69) is 5.32 Å². The van der Waals surface area contributed by atoms with Gasteiger partial charge in [0.1, 0.15) is 0 Å². The number of carbonyl (C=O) groups excluding carboxylic acids is 2. The Labute approximate surface area is 160 Å². The van der Waals surface area contributed by atoms with Crippen LogP contribution >= 0.6 is 23.1 Å². The van der Waals surface area contributed by atoms with Crippen LogP contribution in [0.5, 0.6) is 11.5 Å². The fourth-order valence-electron chi connectivity index (χ4n) is 2.07. The molecule has 6 nitrogen and oxygen atoms in total. The lowest BCUT2D eigenvalue weighted by molar-refractivity contribution is -0.150. The predicted octanol–water partition coefficient (Wildman–Crippen LogP) is 3.57. The van der Waals surface area contributed by atoms with E-state index in [-0.39, 0.29) is 5.75 Å². The number of benzene rings is 1. The van der Waals surface area contributed by atoms with Gasteiger partial charge in [-0.05, 0) is 30.5 Å². The fraction of sp³-hybridized carbons (Fsp3) is 0.333. The second-order valence-corrected chi connectivity index (χ2v) is 7.28. The molecular formula is C18H21NO5S2. The molecule has 0 fully saturated rings. The number of methoxy groups -OCH3 is 2. The molecule has 0 unspecified atom stereocenters. The number of ether oxygens (including phenoxy) is 3. The van der Waals surface area contributed by atoms with Gasteiger partial charge in [0.15, 0.2) is 17.6 Å². The van der Waals surface area contributed by atoms with Crippen molar-refractivity contribution in [3.8, 4) is 11.5 Å². The van der Waals surface area contributed by atoms with Gasteiger partial charge < -0.3 is 19.5 Å². The molecule has 0 radical (unpaired) electrons. The molecule has 1 aromatic heterocycles. The van der Waals surface area contributed by atoms with Crippen molar-refractivity contribution in [2.24, 2.45) is 0 Å². The molecule has 0 saturated carbocycles. The Morgan fingerprint density at radius 2 is 1.96 bits per heavy atom. The zero-order valence-corrected chi connectivity index (χ0v) is 16.4. The van der Waals surface area contributed by atoms with Crippen molar-refractivity contribution in [1.82, 2.24) is 0 Å². The molecule has 1 aromatic carbocycles. The average Bonchev–Trinajstić information content (AvgIpc) is 3.14. The monoisotopic (exact) mass is 395 g/mol. The van der Waals surface area contributed by atoms with E-state index in [4.69, 9.17) is 14.2 Å². The normalized spacial score (nSPS) is 11.5. The summed E-state index contributed by atoms with van der Waals surface area (Å²) in [6.45, 7) is 1.54. The van der Waals surface area contributed by atoms with Crippen LogP contribution in [-0.4, -0.2) is 38.0 Å². The molecule has 0 bridgehead atoms. The minimum absolute atomic E-state index is 0.200. The highest BCUT2D eigenvalue weighted by Gasteiger charge is 2.18. The highest BCUT2D eigenvalue weighted by atomic mass is 32.2. The first-order chi connectivity index (χ1) is 12.5. The number of esters is 1. The molecule has 1 heterocycles. The number of amides is 1. The van der Waals surface area contributed by atoms with Crippen LogP contribution in [0.1, 0.15) is 11.8 Å². The summed E-state index contributed by atoms with van der Waals surface area (Å²) >= 11 is 3.10. The maximum Gasteiger partial charge on any atom is 0.316 e. The van der Waals surface area contributed by atoms with Crippen molar-refractivity contribution in [1.29, 1.82) is 0 Å². The molecule has 1 amide bonds. The maximum atomic E-state index is 12.2. The van der Waals surface area contributed by atoms with Crippen LogP contribution in [0.3, 0.4) is 0 Å². The van der Waals surface area contributed by atoms with Gasteiger partial charge in [-0.15, -0.1) is 23.1 Å². The Bertz CT molecular complexity index is 733. The molecule has 0 aliphatic rings. The third-order valence-electron chi connectivity index (χ3n) is 3.37. The number of anilines is 1. The van der Waals surface area contributed by atoms with Gasteiger partial charge in [-0.25, -0.2) is 0 Å². The first kappa shape index (κ1) is 20.1. The van der Waals surface area contributed by atoms with Gasteiger partial charge >= 0.3 is 5.97 Å². The predicted molar refractivity (Wildman–Crippen MR) is 104 cm³/mol. The fourth-order valence-corrected chi connectivity index (χ4v) is 3.72. The van der Waals surface area contributed by atoms with Gasteiger partial charge in [-0.1, -0.05) is 6.07 Å². The van der Waals surface area contributed by atoms with Crippen molar-refractivity contribution in [3.63, 3.8) is 0 Å². The van der Waals surface area contributed by atoms with Crippen molar-refractivity contribution < 1.29 is 23.8 Å². The molecule has 0 aliphatic heterocycles. The molecule has 0 aliphatic carbocycles. The standard InChI is InChI=1S/C18H21NO5S2/c1-12(24-17(20)11-25-10-14-5-4-8-26-14)18(21)19-13-6-7-15(22-2)16(9-13)23-3/h4-9,12H,10-11H2,1-3H3,(H,19,21)/t12-/m1/s1. The summed E-state index contributed by atoms with van der Waals surface area (Å²) in [4.78, 5) is 25.3. The molecule has 2 aromatic rings. The van der Waals surface area contributed by atoms with E-state index in [1.165, 1.54) is 37.8 Å². The Morgan fingerprint density at radius 3 is 2.62 bits per heavy atom. The number of thioether (sulfide) groups is 1. The Morgan fingerprint density at radius 1 is 1.19 bits per heavy atom. The van der Waals surface area contributed by atoms with Gasteiger partial charge in [0, 0.05) is 22.4 Å². The number of carbonyl (C=O) groups is 2. The molecule has 0 spiro atoms. The second kappa shape index (κ2) is 10.1. The van der Waals surface area contributed by atoms with E-state index in [9.17, 15) is 9.59 Å². The topological polar surface area (TPSA) is 73.9 Å². The van der Waals surface area contributed by atoms with Crippen LogP contribution in [-0.2, 0) is 20.1 Å². The van der Waals surface area contributed by atoms with E-state index in [1.54, 1.807) is 29.5 Å². The van der Waals surface area contributed by atoms with Gasteiger partial charge in [0.2, 0.25) is 0 Å². The van der Waals surface area contributed by atoms with Crippen molar-refractivity contribution in [2.75, 3.05) is 25.3 Å². The minimum Gasteiger partial charge on any atom is -0.493 e. The molecule has 1 N–H and O–H groups in total. The highest BCUT2D eigenvalue weighted by molar-refractivity contribution is 7.99. The lowest BCUT2D eigenvalue weighted by atomic mass is 10.2. The highest BCUT2D eigenvalue weighted by Crippen LogP contribution is 2.29. The number of thiophene rings is 1. The molecule has 0 saturated heterocycles. The summed E-state index contributed by atoms with van der Waals surface area (Å²) in [5.74, 6) is 1.19. The summed E-state index contributed by atoms with van der Waals surface area (Å²) in [5.41, 5.74) is 0.530. The van der Waals surface area contributed by atoms with Crippen LogP contribution in [0, 0.1) is 0 Å². The summed E-state index contributed by atoms with van der Waals surface area (Å²) in [5, 5.41) is 4.69. The quantitative estimate of drug-likeness (QED) is 0.655. The number of hydrogen-bond donors (Lipinski definition) is 1. The zero-order chi connectivity index (χ0) is 18.9. The Kier molecular flexibility index (Phi) is 7.80. The van der Waals surface area contributed by atoms with E-state index < -0.39 is 18.0 Å². The maximum absolute atomic E-state index is 12.2. The van der Waals surface area contributed by atoms with Crippen molar-refractivity contribution >= 4 is 40.7 Å². The zero-order valence-electron chi connectivity index (χ0n) is 14.8. The summed E-state index contributed by atoms with van der Waals surface area (Å²) < 4.78 is 15.5. The lowest BCUT2D eigenvalue weighted by Gasteiger charge is -2.14. The van der Waals surface area contributed by atoms with Gasteiger partial charge in [0.25, 0.3) is 5.91 Å². The SMILES string of the molecule is COc1ccc(NC(=O)[C@@H](C)OC(=O)CSCc2cccs2)cc1OC. The van der Waals surface area contributed by atoms with Gasteiger partial charge in [-0.3, -0.25) is 9.59 Å². The second-order valence-electron chi connectivity index (χ2n) is 5.26. The first-order valence-electron chi connectivity index (χ1n) is 7.86. The van der Waals surface area contributed by atoms with Crippen molar-refractivity contribution in [3.05, 3.63) is 40.6 Å². The smallest absolute Gasteiger partial charge is 0.316 e. The van der Waals surface area contributed by atoms with E-state index in [0.717, 1.165) is 5.75 Å². The van der Waals surface area contributed by atoms with Crippen LogP contribution in [0.25, 0.3) is 0 Å². The summed E-state index contributed by atoms with van der Waals surface area (Å²) in [6.07, 6.45) is -0.891. The number of nitrogens with one attached hydrogen (secondary N) is 1. The third kappa shape index (κ3) is 5.96. The van der Waals surface area contributed by atoms with E-state index in [1.807, 2.05) is 17.5 Å². The van der Waals surface area contributed by atoms with Crippen LogP contribution in [0.15, 0.2) is 35.7 Å². The third-order valence-corrected chi connectivity index (χ3v) is 5.39. The van der Waals surface area contributed by atoms with Crippen LogP contribution < -0.4 is 14.8 Å². The molecule has 2 rings (SSSR count). The van der Waals surface area contributed by atoms with Crippen molar-refractivity contribution in [2.45, 2.75) is 18.8 Å². The molecule has 1 atom stereocenters. The molecule has 8 heteroatoms. The minimum atomic E-state index is -0.891. The van der Waals surface area contributed by atoms with Crippen LogP contribution in [0.4, 0.5) is 5.69 Å². The van der Waals surface area contributed by atoms with E-state index in [0.29, 0.717) is 17.2 Å². The summed E-state index contributed by atoms with van der Waals surface area (Å²) in [6, 6.07) is 9.00. The molecule has 140 valence electrons. The Hall–Kier alpha value is -2.19. The van der Waals surface area contributed by atoms with Crippen LogP contribution in [0.2, 0.25) is 0 Å². The molecular weight excluding hydrogens is 374 g/mol. The van der Waals surface area contributed by atoms with Gasteiger partial charge in [-0.2, -0.15) is 0 Å². The molecule has 26 heavy (non-hydrogen) atoms. The average molecular weight is 396 g/mol. The van der Waals surface area contributed by atoms with E-state index >= 15 is 0 Å².